The minimum Gasteiger partial charge on any atom is -0.280 e. The minimum atomic E-state index is -6.83. The standard InChI is InChI=1S/C12H9F18O4P/c13-4(10(22,23)24)7(16,17)1-32-35(31,33-2-8(18,19)5(14)11(25,26)27)34-3-9(20,21)6(15)12(28,29)30/h4-6H,1-3H2/t4-,5-,6-/m0/s1. The van der Waals surface area contributed by atoms with Crippen molar-refractivity contribution in [2.75, 3.05) is 19.8 Å². The molecule has 0 saturated carbocycles. The van der Waals surface area contributed by atoms with Gasteiger partial charge in [0.1, 0.15) is 19.8 Å². The summed E-state index contributed by atoms with van der Waals surface area (Å²) in [6, 6.07) is 0. The van der Waals surface area contributed by atoms with Gasteiger partial charge >= 0.3 is 44.1 Å². The molecule has 0 aliphatic heterocycles. The molecule has 0 aliphatic carbocycles. The summed E-state index contributed by atoms with van der Waals surface area (Å²) in [6.07, 6.45) is -34.8. The fraction of sp³-hybridized carbons (Fsp3) is 1.00. The van der Waals surface area contributed by atoms with Crippen molar-refractivity contribution in [3.63, 3.8) is 0 Å². The minimum absolute atomic E-state index is 3.18. The van der Waals surface area contributed by atoms with Crippen molar-refractivity contribution in [2.45, 2.75) is 54.8 Å². The number of halogens is 18. The predicted molar refractivity (Wildman–Crippen MR) is 73.2 cm³/mol. The number of hydrogen-bond donors (Lipinski definition) is 0. The maximum atomic E-state index is 13.2. The Hall–Kier alpha value is -1.15. The van der Waals surface area contributed by atoms with E-state index in [9.17, 15) is 83.6 Å². The Kier molecular flexibility index (Phi) is 10.3. The quantitative estimate of drug-likeness (QED) is 0.187. The van der Waals surface area contributed by atoms with E-state index in [2.05, 4.69) is 13.6 Å². The van der Waals surface area contributed by atoms with E-state index >= 15 is 0 Å². The molecule has 35 heavy (non-hydrogen) atoms. The van der Waals surface area contributed by atoms with Gasteiger partial charge in [-0.1, -0.05) is 0 Å². The van der Waals surface area contributed by atoms with Crippen LogP contribution in [0.4, 0.5) is 79.0 Å². The van der Waals surface area contributed by atoms with Crippen LogP contribution in [-0.2, 0) is 18.1 Å². The molecule has 0 saturated heterocycles. The number of rotatable bonds is 12. The van der Waals surface area contributed by atoms with Crippen LogP contribution >= 0.6 is 7.82 Å². The monoisotopic (exact) mass is 590 g/mol. The van der Waals surface area contributed by atoms with Gasteiger partial charge in [-0.3, -0.25) is 13.6 Å². The Morgan fingerprint density at radius 2 is 0.629 bits per heavy atom. The van der Waals surface area contributed by atoms with Gasteiger partial charge in [0.2, 0.25) is 0 Å². The molecule has 0 fully saturated rings. The topological polar surface area (TPSA) is 44.8 Å². The zero-order chi connectivity index (χ0) is 28.5. The normalized spacial score (nSPS) is 17.9. The second-order valence-electron chi connectivity index (χ2n) is 6.26. The lowest BCUT2D eigenvalue weighted by Crippen LogP contribution is -2.46. The molecule has 0 spiro atoms. The fourth-order valence-electron chi connectivity index (χ4n) is 1.54. The first-order valence-electron chi connectivity index (χ1n) is 7.88. The van der Waals surface area contributed by atoms with Crippen LogP contribution in [-0.4, -0.2) is 74.6 Å². The number of phosphoric ester groups is 1. The molecule has 23 heteroatoms. The number of hydrogen-bond acceptors (Lipinski definition) is 4. The summed E-state index contributed by atoms with van der Waals surface area (Å²) in [6.45, 7) is -9.71. The fourth-order valence-corrected chi connectivity index (χ4v) is 2.76. The average molecular weight is 590 g/mol. The molecule has 0 N–H and O–H groups in total. The first-order chi connectivity index (χ1) is 15.1. The maximum absolute atomic E-state index is 13.2. The van der Waals surface area contributed by atoms with Crippen LogP contribution in [0, 0.1) is 0 Å². The highest BCUT2D eigenvalue weighted by atomic mass is 31.2. The van der Waals surface area contributed by atoms with Gasteiger partial charge in [0.05, 0.1) is 0 Å². The van der Waals surface area contributed by atoms with E-state index in [4.69, 9.17) is 0 Å². The molecule has 0 aromatic rings. The van der Waals surface area contributed by atoms with E-state index in [0.29, 0.717) is 0 Å². The zero-order valence-corrected chi connectivity index (χ0v) is 16.6. The van der Waals surface area contributed by atoms with Crippen molar-refractivity contribution < 1.29 is 97.2 Å². The Morgan fingerprint density at radius 1 is 0.457 bits per heavy atom. The highest BCUT2D eigenvalue weighted by Crippen LogP contribution is 2.54. The summed E-state index contributed by atoms with van der Waals surface area (Å²) in [5, 5.41) is 0. The van der Waals surface area contributed by atoms with Crippen LogP contribution in [0.15, 0.2) is 0 Å². The molecule has 0 bridgehead atoms. The molecule has 3 atom stereocenters. The molecular weight excluding hydrogens is 581 g/mol. The molecule has 212 valence electrons. The van der Waals surface area contributed by atoms with Gasteiger partial charge < -0.3 is 0 Å². The van der Waals surface area contributed by atoms with Crippen LogP contribution in [0.3, 0.4) is 0 Å². The highest BCUT2D eigenvalue weighted by molar-refractivity contribution is 7.48. The SMILES string of the molecule is O=P(OCC(F)(F)[C@H](F)C(F)(F)F)(OCC(F)(F)[C@H](F)C(F)(F)F)OCC(F)(F)[C@H](F)C(F)(F)F. The predicted octanol–water partition coefficient (Wildman–Crippen LogP) is 6.75. The lowest BCUT2D eigenvalue weighted by molar-refractivity contribution is -0.256. The molecule has 0 rings (SSSR count). The largest absolute Gasteiger partial charge is 0.475 e. The zero-order valence-electron chi connectivity index (χ0n) is 15.7. The summed E-state index contributed by atoms with van der Waals surface area (Å²) in [5.74, 6) is -17.6. The van der Waals surface area contributed by atoms with E-state index in [1.807, 2.05) is 0 Å². The molecule has 0 aromatic heterocycles. The van der Waals surface area contributed by atoms with Gasteiger partial charge in [-0.25, -0.2) is 44.1 Å². The lowest BCUT2D eigenvalue weighted by atomic mass is 10.2. The molecule has 0 aliphatic rings. The van der Waals surface area contributed by atoms with E-state index in [-0.39, 0.29) is 0 Å². The molecule has 0 unspecified atom stereocenters. The second kappa shape index (κ2) is 10.7. The Bertz CT molecular complexity index is 635. The van der Waals surface area contributed by atoms with Crippen molar-refractivity contribution >= 4 is 7.82 Å². The Labute approximate surface area is 181 Å². The van der Waals surface area contributed by atoms with Gasteiger partial charge in [-0.2, -0.15) is 39.5 Å². The van der Waals surface area contributed by atoms with Crippen LogP contribution in [0.2, 0.25) is 0 Å². The third-order valence-corrected chi connectivity index (χ3v) is 4.56. The third-order valence-electron chi connectivity index (χ3n) is 3.22. The summed E-state index contributed by atoms with van der Waals surface area (Å²) in [7, 11) is -6.83. The summed E-state index contributed by atoms with van der Waals surface area (Å²) >= 11 is 0. The van der Waals surface area contributed by atoms with Crippen molar-refractivity contribution in [3.8, 4) is 0 Å². The van der Waals surface area contributed by atoms with Crippen molar-refractivity contribution in [1.82, 2.24) is 0 Å². The highest BCUT2D eigenvalue weighted by Gasteiger charge is 2.61. The molecule has 0 amide bonds. The van der Waals surface area contributed by atoms with Crippen molar-refractivity contribution in [2.24, 2.45) is 0 Å². The van der Waals surface area contributed by atoms with Gasteiger partial charge in [0, 0.05) is 0 Å². The van der Waals surface area contributed by atoms with Crippen LogP contribution in [0.1, 0.15) is 0 Å². The summed E-state index contributed by atoms with van der Waals surface area (Å²) in [5.41, 5.74) is 0. The molecule has 4 nitrogen and oxygen atoms in total. The van der Waals surface area contributed by atoms with E-state index in [1.54, 1.807) is 0 Å². The second-order valence-corrected chi connectivity index (χ2v) is 7.93. The van der Waals surface area contributed by atoms with Crippen molar-refractivity contribution in [1.29, 1.82) is 0 Å². The average Bonchev–Trinajstić information content (AvgIpc) is 2.66. The van der Waals surface area contributed by atoms with Gasteiger partial charge in [-0.15, -0.1) is 0 Å². The van der Waals surface area contributed by atoms with Gasteiger partial charge in [0.25, 0.3) is 18.5 Å². The first-order valence-corrected chi connectivity index (χ1v) is 9.34. The molecule has 0 radical (unpaired) electrons. The van der Waals surface area contributed by atoms with Gasteiger partial charge in [0.15, 0.2) is 0 Å². The molecular formula is C12H9F18O4P. The molecule has 0 heterocycles. The lowest BCUT2D eigenvalue weighted by Gasteiger charge is -2.28. The van der Waals surface area contributed by atoms with Crippen LogP contribution in [0.5, 0.6) is 0 Å². The summed E-state index contributed by atoms with van der Waals surface area (Å²) < 4.78 is 247. The summed E-state index contributed by atoms with van der Waals surface area (Å²) in [4.78, 5) is 0. The Balaban J connectivity index is 5.86. The Morgan fingerprint density at radius 3 is 0.771 bits per heavy atom. The van der Waals surface area contributed by atoms with E-state index < -0.39 is 82.5 Å². The van der Waals surface area contributed by atoms with E-state index in [1.165, 1.54) is 0 Å². The molecule has 0 aromatic carbocycles. The third kappa shape index (κ3) is 10.0. The smallest absolute Gasteiger partial charge is 0.280 e. The maximum Gasteiger partial charge on any atom is 0.475 e. The van der Waals surface area contributed by atoms with Crippen LogP contribution < -0.4 is 0 Å². The van der Waals surface area contributed by atoms with Crippen molar-refractivity contribution in [3.05, 3.63) is 0 Å². The first kappa shape index (κ1) is 33.8. The number of phosphoric acid groups is 1. The van der Waals surface area contributed by atoms with Gasteiger partial charge in [-0.05, 0) is 0 Å². The number of alkyl halides is 18. The van der Waals surface area contributed by atoms with Crippen LogP contribution in [0.25, 0.3) is 0 Å². The van der Waals surface area contributed by atoms with E-state index in [0.717, 1.165) is 0 Å².